The monoisotopic (exact) mass is 222 g/mol. The Hall–Kier alpha value is 0.01000. The lowest BCUT2D eigenvalue weighted by molar-refractivity contribution is 0.425. The minimum absolute atomic E-state index is 0.442. The largest absolute Gasteiger partial charge is 0.507 e. The molecule has 0 aromatic heterocycles. The molecule has 0 unspecified atom stereocenters. The predicted molar refractivity (Wildman–Crippen MR) is 42.0 cm³/mol. The molecular formula is C6H7IO. The molecule has 1 rings (SSSR count). The quantitative estimate of drug-likeness (QED) is 0.624. The van der Waals surface area contributed by atoms with Gasteiger partial charge in [0, 0.05) is 0 Å². The van der Waals surface area contributed by atoms with Crippen LogP contribution in [-0.4, -0.2) is 5.11 Å². The Morgan fingerprint density at radius 1 is 1.38 bits per heavy atom. The molecule has 0 aromatic rings. The van der Waals surface area contributed by atoms with Crippen molar-refractivity contribution < 1.29 is 5.11 Å². The summed E-state index contributed by atoms with van der Waals surface area (Å²) in [5.41, 5.74) is 0. The molecule has 1 N–H and O–H groups in total. The van der Waals surface area contributed by atoms with Crippen LogP contribution >= 0.6 is 22.6 Å². The average molecular weight is 222 g/mol. The van der Waals surface area contributed by atoms with Gasteiger partial charge in [-0.15, -0.1) is 0 Å². The molecule has 0 fully saturated rings. The zero-order valence-corrected chi connectivity index (χ0v) is 6.55. The highest BCUT2D eigenvalue weighted by molar-refractivity contribution is 14.1. The molecule has 0 amide bonds. The number of hydrogen-bond donors (Lipinski definition) is 1. The van der Waals surface area contributed by atoms with E-state index in [0.717, 1.165) is 16.4 Å². The van der Waals surface area contributed by atoms with Crippen molar-refractivity contribution in [3.05, 3.63) is 21.5 Å². The minimum atomic E-state index is 0.442. The summed E-state index contributed by atoms with van der Waals surface area (Å²) in [5.74, 6) is 0.442. The van der Waals surface area contributed by atoms with Crippen LogP contribution in [0.5, 0.6) is 0 Å². The van der Waals surface area contributed by atoms with Gasteiger partial charge in [0.05, 0.1) is 3.58 Å². The Balaban J connectivity index is 2.73. The predicted octanol–water partition coefficient (Wildman–Crippen LogP) is 2.54. The van der Waals surface area contributed by atoms with E-state index in [-0.39, 0.29) is 0 Å². The normalized spacial score (nSPS) is 19.6. The van der Waals surface area contributed by atoms with Crippen molar-refractivity contribution in [2.45, 2.75) is 12.8 Å². The summed E-state index contributed by atoms with van der Waals surface area (Å²) in [6.07, 6.45) is 5.94. The summed E-state index contributed by atoms with van der Waals surface area (Å²) in [6, 6.07) is 0. The van der Waals surface area contributed by atoms with Gasteiger partial charge in [0.1, 0.15) is 5.76 Å². The van der Waals surface area contributed by atoms with Crippen LogP contribution in [0, 0.1) is 0 Å². The van der Waals surface area contributed by atoms with Crippen LogP contribution in [0.3, 0.4) is 0 Å². The maximum Gasteiger partial charge on any atom is 0.124 e. The van der Waals surface area contributed by atoms with E-state index in [2.05, 4.69) is 22.6 Å². The number of aliphatic hydroxyl groups excluding tert-OH is 1. The second-order valence-electron chi connectivity index (χ2n) is 1.72. The van der Waals surface area contributed by atoms with Gasteiger partial charge in [-0.05, 0) is 41.5 Å². The molecule has 8 heavy (non-hydrogen) atoms. The molecule has 0 aromatic carbocycles. The topological polar surface area (TPSA) is 20.2 Å². The molecule has 0 aliphatic heterocycles. The van der Waals surface area contributed by atoms with Crippen molar-refractivity contribution in [3.63, 3.8) is 0 Å². The summed E-state index contributed by atoms with van der Waals surface area (Å²) >= 11 is 2.13. The van der Waals surface area contributed by atoms with Crippen LogP contribution in [0.1, 0.15) is 12.8 Å². The summed E-state index contributed by atoms with van der Waals surface area (Å²) in [4.78, 5) is 0. The third-order valence-electron chi connectivity index (χ3n) is 1.07. The molecule has 0 heterocycles. The van der Waals surface area contributed by atoms with Crippen molar-refractivity contribution in [1.29, 1.82) is 0 Å². The van der Waals surface area contributed by atoms with Gasteiger partial charge in [-0.1, -0.05) is 6.08 Å². The van der Waals surface area contributed by atoms with E-state index in [1.165, 1.54) is 0 Å². The Kier molecular flexibility index (Phi) is 1.94. The van der Waals surface area contributed by atoms with Gasteiger partial charge in [-0.2, -0.15) is 0 Å². The van der Waals surface area contributed by atoms with E-state index in [1.54, 1.807) is 0 Å². The van der Waals surface area contributed by atoms with Crippen molar-refractivity contribution in [2.24, 2.45) is 0 Å². The van der Waals surface area contributed by atoms with Crippen molar-refractivity contribution >= 4 is 22.6 Å². The van der Waals surface area contributed by atoms with Crippen molar-refractivity contribution in [3.8, 4) is 0 Å². The Bertz CT molecular complexity index is 129. The van der Waals surface area contributed by atoms with Gasteiger partial charge in [-0.25, -0.2) is 0 Å². The van der Waals surface area contributed by atoms with E-state index in [1.807, 2.05) is 12.2 Å². The van der Waals surface area contributed by atoms with E-state index < -0.39 is 0 Å². The SMILES string of the molecule is OC1=CCCC=C1I. The first-order chi connectivity index (χ1) is 3.80. The molecule has 1 nitrogen and oxygen atoms in total. The molecular weight excluding hydrogens is 215 g/mol. The Labute approximate surface area is 62.2 Å². The van der Waals surface area contributed by atoms with Crippen LogP contribution in [0.15, 0.2) is 21.5 Å². The van der Waals surface area contributed by atoms with Gasteiger partial charge < -0.3 is 5.11 Å². The summed E-state index contributed by atoms with van der Waals surface area (Å²) in [6.45, 7) is 0. The molecule has 0 atom stereocenters. The summed E-state index contributed by atoms with van der Waals surface area (Å²) in [5, 5.41) is 8.96. The lowest BCUT2D eigenvalue weighted by Crippen LogP contribution is -1.85. The van der Waals surface area contributed by atoms with Gasteiger partial charge in [0.15, 0.2) is 0 Å². The van der Waals surface area contributed by atoms with Gasteiger partial charge in [0.25, 0.3) is 0 Å². The molecule has 0 bridgehead atoms. The smallest absolute Gasteiger partial charge is 0.124 e. The lowest BCUT2D eigenvalue weighted by Gasteiger charge is -2.02. The van der Waals surface area contributed by atoms with E-state index >= 15 is 0 Å². The fourth-order valence-electron chi connectivity index (χ4n) is 0.632. The second kappa shape index (κ2) is 2.53. The Morgan fingerprint density at radius 3 is 2.38 bits per heavy atom. The zero-order valence-electron chi connectivity index (χ0n) is 4.39. The van der Waals surface area contributed by atoms with Crippen LogP contribution < -0.4 is 0 Å². The molecule has 44 valence electrons. The number of rotatable bonds is 0. The number of aliphatic hydroxyl groups is 1. The highest BCUT2D eigenvalue weighted by atomic mass is 127. The first-order valence-electron chi connectivity index (χ1n) is 2.56. The average Bonchev–Trinajstić information content (AvgIpc) is 1.77. The standard InChI is InChI=1S/C6H7IO/c7-5-3-1-2-4-6(5)8/h3-4,8H,1-2H2. The molecule has 0 radical (unpaired) electrons. The number of allylic oxidation sites excluding steroid dienone is 3. The number of halogens is 1. The Morgan fingerprint density at radius 2 is 2.00 bits per heavy atom. The van der Waals surface area contributed by atoms with Crippen LogP contribution in [0.25, 0.3) is 0 Å². The third-order valence-corrected chi connectivity index (χ3v) is 2.07. The minimum Gasteiger partial charge on any atom is -0.507 e. The second-order valence-corrected chi connectivity index (χ2v) is 2.88. The fraction of sp³-hybridized carbons (Fsp3) is 0.333. The molecule has 1 aliphatic rings. The lowest BCUT2D eigenvalue weighted by atomic mass is 10.2. The molecule has 0 saturated heterocycles. The number of hydrogen-bond acceptors (Lipinski definition) is 1. The maximum atomic E-state index is 8.96. The summed E-state index contributed by atoms with van der Waals surface area (Å²) < 4.78 is 0.980. The van der Waals surface area contributed by atoms with Crippen LogP contribution in [0.4, 0.5) is 0 Å². The molecule has 1 aliphatic carbocycles. The van der Waals surface area contributed by atoms with Gasteiger partial charge >= 0.3 is 0 Å². The van der Waals surface area contributed by atoms with Crippen LogP contribution in [0.2, 0.25) is 0 Å². The highest BCUT2D eigenvalue weighted by Crippen LogP contribution is 2.21. The highest BCUT2D eigenvalue weighted by Gasteiger charge is 2.00. The first-order valence-corrected chi connectivity index (χ1v) is 3.64. The molecule has 2 heteroatoms. The van der Waals surface area contributed by atoms with Gasteiger partial charge in [-0.3, -0.25) is 0 Å². The van der Waals surface area contributed by atoms with E-state index in [9.17, 15) is 0 Å². The van der Waals surface area contributed by atoms with Crippen molar-refractivity contribution in [1.82, 2.24) is 0 Å². The maximum absolute atomic E-state index is 8.96. The molecule has 0 saturated carbocycles. The summed E-state index contributed by atoms with van der Waals surface area (Å²) in [7, 11) is 0. The van der Waals surface area contributed by atoms with Crippen molar-refractivity contribution in [2.75, 3.05) is 0 Å². The van der Waals surface area contributed by atoms with Crippen LogP contribution in [-0.2, 0) is 0 Å². The zero-order chi connectivity index (χ0) is 5.98. The third kappa shape index (κ3) is 1.24. The molecule has 0 spiro atoms. The fourth-order valence-corrected chi connectivity index (χ4v) is 1.16. The van der Waals surface area contributed by atoms with Gasteiger partial charge in [0.2, 0.25) is 0 Å². The van der Waals surface area contributed by atoms with E-state index in [4.69, 9.17) is 5.11 Å². The van der Waals surface area contributed by atoms with E-state index in [0.29, 0.717) is 5.76 Å². The first kappa shape index (κ1) is 6.13.